The van der Waals surface area contributed by atoms with E-state index < -0.39 is 0 Å². The van der Waals surface area contributed by atoms with Crippen molar-refractivity contribution in [3.05, 3.63) is 10.8 Å². The normalized spacial score (nSPS) is 10.2. The van der Waals surface area contributed by atoms with E-state index in [2.05, 4.69) is 36.5 Å². The highest BCUT2D eigenvalue weighted by Gasteiger charge is 2.05. The summed E-state index contributed by atoms with van der Waals surface area (Å²) in [5.41, 5.74) is 0. The van der Waals surface area contributed by atoms with Crippen molar-refractivity contribution in [1.29, 1.82) is 0 Å². The third-order valence-corrected chi connectivity index (χ3v) is 2.55. The Kier molecular flexibility index (Phi) is 6.05. The third-order valence-electron chi connectivity index (χ3n) is 1.80. The number of anilines is 2. The molecule has 0 atom stereocenters. The van der Waals surface area contributed by atoms with E-state index >= 15 is 0 Å². The highest BCUT2D eigenvalue weighted by atomic mass is 79.9. The van der Waals surface area contributed by atoms with Gasteiger partial charge in [0.2, 0.25) is 0 Å². The number of nitrogens with one attached hydrogen (secondary N) is 2. The van der Waals surface area contributed by atoms with Gasteiger partial charge >= 0.3 is 0 Å². The summed E-state index contributed by atoms with van der Waals surface area (Å²) in [6, 6.07) is 0. The number of nitrogens with zero attached hydrogens (tertiary/aromatic N) is 2. The second-order valence-electron chi connectivity index (χ2n) is 2.90. The predicted octanol–water partition coefficient (Wildman–Crippen LogP) is 0.702. The minimum absolute atomic E-state index is 0.0428. The van der Waals surface area contributed by atoms with Gasteiger partial charge < -0.3 is 20.5 Å². The van der Waals surface area contributed by atoms with Crippen LogP contribution in [0.15, 0.2) is 10.8 Å². The van der Waals surface area contributed by atoms with Crippen molar-refractivity contribution in [1.82, 2.24) is 9.97 Å². The Morgan fingerprint density at radius 1 is 1.38 bits per heavy atom. The first-order chi connectivity index (χ1) is 7.79. The number of aliphatic hydroxyl groups excluding tert-OH is 1. The second-order valence-corrected chi connectivity index (χ2v) is 3.69. The molecule has 0 aliphatic rings. The van der Waals surface area contributed by atoms with E-state index in [1.807, 2.05) is 0 Å². The lowest BCUT2D eigenvalue weighted by Gasteiger charge is -2.09. The van der Waals surface area contributed by atoms with Crippen LogP contribution in [-0.4, -0.2) is 48.5 Å². The Morgan fingerprint density at radius 2 is 2.12 bits per heavy atom. The topological polar surface area (TPSA) is 79.3 Å². The van der Waals surface area contributed by atoms with Crippen molar-refractivity contribution >= 4 is 27.6 Å². The quantitative estimate of drug-likeness (QED) is 0.642. The molecule has 3 N–H and O–H groups in total. The maximum Gasteiger partial charge on any atom is 0.146 e. The van der Waals surface area contributed by atoms with Gasteiger partial charge in [0, 0.05) is 13.6 Å². The Labute approximate surface area is 103 Å². The summed E-state index contributed by atoms with van der Waals surface area (Å²) in [6.07, 6.45) is 1.48. The average Bonchev–Trinajstić information content (AvgIpc) is 2.31. The minimum atomic E-state index is 0.0428. The van der Waals surface area contributed by atoms with Crippen molar-refractivity contribution in [3.63, 3.8) is 0 Å². The van der Waals surface area contributed by atoms with E-state index in [0.29, 0.717) is 25.6 Å². The zero-order valence-corrected chi connectivity index (χ0v) is 10.6. The van der Waals surface area contributed by atoms with Gasteiger partial charge in [-0.2, -0.15) is 0 Å². The number of ether oxygens (including phenoxy) is 1. The lowest BCUT2D eigenvalue weighted by Crippen LogP contribution is -2.13. The molecule has 0 spiro atoms. The molecular weight excluding hydrogens is 276 g/mol. The van der Waals surface area contributed by atoms with Gasteiger partial charge in [-0.25, -0.2) is 9.97 Å². The van der Waals surface area contributed by atoms with Gasteiger partial charge in [0.15, 0.2) is 0 Å². The van der Waals surface area contributed by atoms with Gasteiger partial charge in [-0.3, -0.25) is 0 Å². The van der Waals surface area contributed by atoms with E-state index in [-0.39, 0.29) is 6.61 Å². The molecule has 90 valence electrons. The summed E-state index contributed by atoms with van der Waals surface area (Å²) in [5.74, 6) is 1.45. The van der Waals surface area contributed by atoms with Crippen LogP contribution in [0.2, 0.25) is 0 Å². The molecule has 7 heteroatoms. The predicted molar refractivity (Wildman–Crippen MR) is 65.7 cm³/mol. The zero-order chi connectivity index (χ0) is 11.8. The largest absolute Gasteiger partial charge is 0.394 e. The van der Waals surface area contributed by atoms with E-state index in [0.717, 1.165) is 10.3 Å². The summed E-state index contributed by atoms with van der Waals surface area (Å²) in [5, 5.41) is 14.6. The number of aromatic nitrogens is 2. The molecule has 0 bridgehead atoms. The molecule has 0 unspecified atom stereocenters. The van der Waals surface area contributed by atoms with Crippen LogP contribution in [0, 0.1) is 0 Å². The first-order valence-electron chi connectivity index (χ1n) is 4.90. The van der Waals surface area contributed by atoms with Crippen molar-refractivity contribution in [2.75, 3.05) is 44.0 Å². The lowest BCUT2D eigenvalue weighted by atomic mass is 10.5. The Hall–Kier alpha value is -0.920. The van der Waals surface area contributed by atoms with Crippen molar-refractivity contribution in [3.8, 4) is 0 Å². The van der Waals surface area contributed by atoms with Crippen LogP contribution >= 0.6 is 15.9 Å². The summed E-state index contributed by atoms with van der Waals surface area (Å²) in [7, 11) is 1.79. The van der Waals surface area contributed by atoms with Crippen LogP contribution in [0.4, 0.5) is 11.6 Å². The Balaban J connectivity index is 2.41. The van der Waals surface area contributed by atoms with Crippen molar-refractivity contribution in [2.45, 2.75) is 0 Å². The first kappa shape index (κ1) is 13.1. The molecular formula is C9H15BrN4O2. The van der Waals surface area contributed by atoms with Gasteiger partial charge in [-0.1, -0.05) is 0 Å². The van der Waals surface area contributed by atoms with E-state index in [4.69, 9.17) is 9.84 Å². The van der Waals surface area contributed by atoms with Gasteiger partial charge in [-0.15, -0.1) is 0 Å². The number of hydrogen-bond donors (Lipinski definition) is 3. The molecule has 1 aromatic rings. The molecule has 0 aliphatic carbocycles. The zero-order valence-electron chi connectivity index (χ0n) is 9.03. The Morgan fingerprint density at radius 3 is 2.81 bits per heavy atom. The van der Waals surface area contributed by atoms with Crippen LogP contribution < -0.4 is 10.6 Å². The van der Waals surface area contributed by atoms with Crippen LogP contribution in [0.3, 0.4) is 0 Å². The highest BCUT2D eigenvalue weighted by molar-refractivity contribution is 9.10. The fourth-order valence-electron chi connectivity index (χ4n) is 1.08. The van der Waals surface area contributed by atoms with Crippen LogP contribution in [-0.2, 0) is 4.74 Å². The molecule has 0 radical (unpaired) electrons. The van der Waals surface area contributed by atoms with Gasteiger partial charge in [0.25, 0.3) is 0 Å². The molecule has 1 rings (SSSR count). The maximum absolute atomic E-state index is 8.51. The fourth-order valence-corrected chi connectivity index (χ4v) is 1.62. The number of halogens is 1. The standard InChI is InChI=1S/C9H15BrN4O2/c1-11-8-7(10)9(14-6-13-8)12-2-4-16-5-3-15/h6,15H,2-5H2,1H3,(H2,11,12,13,14). The Bertz CT molecular complexity index is 324. The van der Waals surface area contributed by atoms with Gasteiger partial charge in [-0.05, 0) is 15.9 Å². The monoisotopic (exact) mass is 290 g/mol. The minimum Gasteiger partial charge on any atom is -0.394 e. The lowest BCUT2D eigenvalue weighted by molar-refractivity contribution is 0.0992. The summed E-state index contributed by atoms with van der Waals surface area (Å²) in [4.78, 5) is 8.13. The second kappa shape index (κ2) is 7.37. The molecule has 0 aliphatic heterocycles. The fraction of sp³-hybridized carbons (Fsp3) is 0.556. The molecule has 6 nitrogen and oxygen atoms in total. The third kappa shape index (κ3) is 3.92. The van der Waals surface area contributed by atoms with Crippen LogP contribution in [0.1, 0.15) is 0 Å². The summed E-state index contributed by atoms with van der Waals surface area (Å²) >= 11 is 3.39. The SMILES string of the molecule is CNc1ncnc(NCCOCCO)c1Br. The smallest absolute Gasteiger partial charge is 0.146 e. The summed E-state index contributed by atoms with van der Waals surface area (Å²) in [6.45, 7) is 1.54. The summed E-state index contributed by atoms with van der Waals surface area (Å²) < 4.78 is 5.91. The molecule has 0 aromatic carbocycles. The van der Waals surface area contributed by atoms with Gasteiger partial charge in [0.1, 0.15) is 22.4 Å². The number of aliphatic hydroxyl groups is 1. The number of rotatable bonds is 7. The average molecular weight is 291 g/mol. The van der Waals surface area contributed by atoms with E-state index in [1.54, 1.807) is 7.05 Å². The van der Waals surface area contributed by atoms with Crippen LogP contribution in [0.25, 0.3) is 0 Å². The molecule has 16 heavy (non-hydrogen) atoms. The highest BCUT2D eigenvalue weighted by Crippen LogP contribution is 2.25. The van der Waals surface area contributed by atoms with Crippen LogP contribution in [0.5, 0.6) is 0 Å². The molecule has 1 aromatic heterocycles. The molecule has 1 heterocycles. The van der Waals surface area contributed by atoms with Gasteiger partial charge in [0.05, 0.1) is 19.8 Å². The van der Waals surface area contributed by atoms with E-state index in [1.165, 1.54) is 6.33 Å². The van der Waals surface area contributed by atoms with E-state index in [9.17, 15) is 0 Å². The molecule has 0 saturated heterocycles. The molecule has 0 saturated carbocycles. The van der Waals surface area contributed by atoms with Crippen molar-refractivity contribution < 1.29 is 9.84 Å². The first-order valence-corrected chi connectivity index (χ1v) is 5.69. The molecule has 0 amide bonds. The van der Waals surface area contributed by atoms with Crippen molar-refractivity contribution in [2.24, 2.45) is 0 Å². The molecule has 0 fully saturated rings. The maximum atomic E-state index is 8.51. The number of hydrogen-bond acceptors (Lipinski definition) is 6.